The Bertz CT molecular complexity index is 5930. The fourth-order valence-corrected chi connectivity index (χ4v) is 14.6. The first-order chi connectivity index (χ1) is 51.5. The maximum atomic E-state index is 6.10. The van der Waals surface area contributed by atoms with Gasteiger partial charge in [-0.1, -0.05) is 199 Å². The van der Waals surface area contributed by atoms with Crippen molar-refractivity contribution in [2.45, 2.75) is 41.5 Å². The number of hydrogen-bond acceptors (Lipinski definition) is 7. The van der Waals surface area contributed by atoms with E-state index in [4.69, 9.17) is 18.9 Å². The Labute approximate surface area is 612 Å². The van der Waals surface area contributed by atoms with Crippen LogP contribution in [0.3, 0.4) is 0 Å². The standard InChI is InChI=1S/C20H19N.2C19H13NO2.2C19H15N/c1-16-8-12-19(13-9-16)21(18-6-4-3-5-7-18)20-14-10-17(2)11-15-20;1-12-10-17-19-18(11-12)22-16-9-5-3-7-14(16)20(19)13-6-2-4-8-15(13)21-17;1-12-9-10-14-18(11-12)22-17-8-4-7-16-19(17)20(14)13-5-2-3-6-15(13)21-16;1-14-11-12-19-17(13-14)16-9-5-6-10-18(16)20(19)15-7-3-2-4-8-15;1-14-11-12-17-16-9-5-6-10-18(16)20(19(17)13-14)15-7-3-2-4-8-15/h3-15H,1-2H3;2*2-11H,1H3;2*2-13H,1H3. The van der Waals surface area contributed by atoms with Gasteiger partial charge in [0.05, 0.1) is 44.8 Å². The van der Waals surface area contributed by atoms with Gasteiger partial charge in [0.25, 0.3) is 0 Å². The van der Waals surface area contributed by atoms with E-state index < -0.39 is 0 Å². The number of ether oxygens (including phenoxy) is 4. The van der Waals surface area contributed by atoms with E-state index in [-0.39, 0.29) is 0 Å². The number of aryl methyl sites for hydroxylation is 6. The smallest absolute Gasteiger partial charge is 0.155 e. The van der Waals surface area contributed by atoms with E-state index in [2.05, 4.69) is 332 Å². The van der Waals surface area contributed by atoms with Gasteiger partial charge in [-0.25, -0.2) is 0 Å². The summed E-state index contributed by atoms with van der Waals surface area (Å²) in [6.45, 7) is 12.6. The van der Waals surface area contributed by atoms with Gasteiger partial charge in [-0.3, -0.25) is 9.80 Å². The van der Waals surface area contributed by atoms with E-state index in [0.717, 1.165) is 85.7 Å². The molecule has 0 saturated carbocycles. The number of rotatable bonds is 5. The van der Waals surface area contributed by atoms with Crippen LogP contribution in [0.15, 0.2) is 346 Å². The minimum absolute atomic E-state index is 0.822. The zero-order chi connectivity index (χ0) is 71.1. The van der Waals surface area contributed by atoms with Crippen molar-refractivity contribution in [1.29, 1.82) is 0 Å². The zero-order valence-electron chi connectivity index (χ0n) is 59.3. The Balaban J connectivity index is 0.0000000969. The van der Waals surface area contributed by atoms with Gasteiger partial charge >= 0.3 is 0 Å². The highest BCUT2D eigenvalue weighted by molar-refractivity contribution is 6.10. The summed E-state index contributed by atoms with van der Waals surface area (Å²) >= 11 is 0. The molecule has 0 unspecified atom stereocenters. The first-order valence-corrected chi connectivity index (χ1v) is 35.6. The average molecular weight is 1360 g/mol. The monoisotopic (exact) mass is 1360 g/mol. The van der Waals surface area contributed by atoms with E-state index in [0.29, 0.717) is 0 Å². The molecule has 2 aromatic heterocycles. The van der Waals surface area contributed by atoms with Gasteiger partial charge in [0.15, 0.2) is 46.0 Å². The molecule has 508 valence electrons. The lowest BCUT2D eigenvalue weighted by molar-refractivity contribution is 0.445. The molecule has 0 radical (unpaired) electrons. The molecule has 0 amide bonds. The molecule has 9 heteroatoms. The molecule has 0 aliphatic carbocycles. The third-order valence-corrected chi connectivity index (χ3v) is 19.4. The molecular formula is C96H75N5O4. The highest BCUT2D eigenvalue weighted by Gasteiger charge is 2.36. The van der Waals surface area contributed by atoms with Crippen molar-refractivity contribution >= 4 is 94.8 Å². The first-order valence-electron chi connectivity index (χ1n) is 35.6. The molecule has 17 aromatic rings. The molecule has 9 nitrogen and oxygen atoms in total. The van der Waals surface area contributed by atoms with Crippen molar-refractivity contribution in [3.63, 3.8) is 0 Å². The summed E-state index contributed by atoms with van der Waals surface area (Å²) in [4.78, 5) is 6.72. The summed E-state index contributed by atoms with van der Waals surface area (Å²) in [6, 6.07) is 120. The number of para-hydroxylation sites is 12. The number of anilines is 9. The Kier molecular flexibility index (Phi) is 17.2. The highest BCUT2D eigenvalue weighted by atomic mass is 16.5. The second-order valence-corrected chi connectivity index (χ2v) is 26.9. The second-order valence-electron chi connectivity index (χ2n) is 26.9. The zero-order valence-corrected chi connectivity index (χ0v) is 59.3. The van der Waals surface area contributed by atoms with Crippen LogP contribution < -0.4 is 33.6 Å². The molecule has 4 aliphatic rings. The van der Waals surface area contributed by atoms with Gasteiger partial charge in [-0.15, -0.1) is 0 Å². The van der Waals surface area contributed by atoms with Crippen LogP contribution in [0, 0.1) is 41.5 Å². The normalized spacial score (nSPS) is 12.0. The fraction of sp³-hybridized carbons (Fsp3) is 0.0625. The molecule has 0 fully saturated rings. The van der Waals surface area contributed by atoms with Gasteiger partial charge in [0.1, 0.15) is 11.4 Å². The molecule has 4 aliphatic heterocycles. The Morgan fingerprint density at radius 2 is 0.552 bits per heavy atom. The van der Waals surface area contributed by atoms with Gasteiger partial charge in [-0.2, -0.15) is 0 Å². The summed E-state index contributed by atoms with van der Waals surface area (Å²) in [5, 5.41) is 5.26. The lowest BCUT2D eigenvalue weighted by atomic mass is 10.1. The van der Waals surface area contributed by atoms with Gasteiger partial charge < -0.3 is 33.0 Å². The van der Waals surface area contributed by atoms with Crippen molar-refractivity contribution in [3.05, 3.63) is 379 Å². The number of hydrogen-bond donors (Lipinski definition) is 0. The lowest BCUT2D eigenvalue weighted by Gasteiger charge is -2.37. The Morgan fingerprint density at radius 1 is 0.210 bits per heavy atom. The molecule has 0 spiro atoms. The van der Waals surface area contributed by atoms with Crippen LogP contribution in [0.2, 0.25) is 0 Å². The molecule has 0 N–H and O–H groups in total. The molecule has 15 aromatic carbocycles. The topological polar surface area (TPSA) is 56.5 Å². The summed E-state index contributed by atoms with van der Waals surface area (Å²) < 4.78 is 29.0. The van der Waals surface area contributed by atoms with Gasteiger partial charge in [-0.05, 0) is 222 Å². The number of fused-ring (bicyclic) bond motifs is 14. The molecular weight excluding hydrogens is 1290 g/mol. The Morgan fingerprint density at radius 3 is 1.10 bits per heavy atom. The lowest BCUT2D eigenvalue weighted by Crippen LogP contribution is -2.20. The molecule has 105 heavy (non-hydrogen) atoms. The predicted octanol–water partition coefficient (Wildman–Crippen LogP) is 27.3. The summed E-state index contributed by atoms with van der Waals surface area (Å²) in [7, 11) is 0. The summed E-state index contributed by atoms with van der Waals surface area (Å²) in [6.07, 6.45) is 0. The van der Waals surface area contributed by atoms with Crippen molar-refractivity contribution in [3.8, 4) is 57.4 Å². The Hall–Kier alpha value is -13.5. The second kappa shape index (κ2) is 27.8. The van der Waals surface area contributed by atoms with Crippen LogP contribution in [0.5, 0.6) is 46.0 Å². The van der Waals surface area contributed by atoms with Crippen molar-refractivity contribution in [2.24, 2.45) is 0 Å². The van der Waals surface area contributed by atoms with Crippen molar-refractivity contribution < 1.29 is 18.9 Å². The molecule has 21 rings (SSSR count). The van der Waals surface area contributed by atoms with Gasteiger partial charge in [0.2, 0.25) is 0 Å². The van der Waals surface area contributed by atoms with E-state index in [1.54, 1.807) is 0 Å². The maximum Gasteiger partial charge on any atom is 0.155 e. The number of aromatic nitrogens is 2. The minimum Gasteiger partial charge on any atom is -0.453 e. The third-order valence-electron chi connectivity index (χ3n) is 19.4. The fourth-order valence-electron chi connectivity index (χ4n) is 14.6. The van der Waals surface area contributed by atoms with Crippen LogP contribution in [0.4, 0.5) is 51.2 Å². The SMILES string of the molecule is Cc1cc2c3c(c1)Oc1ccccc1N3c1ccccc1O2.Cc1ccc(N(c2ccccc2)c2ccc(C)cc2)cc1.Cc1ccc2c(c1)Oc1cccc3c1N2c1ccccc1O3.Cc1ccc2c(c1)c1ccccc1n2-c1ccccc1.Cc1ccc2c3ccccc3n(-c3ccccc3)c2c1. The van der Waals surface area contributed by atoms with Crippen LogP contribution in [0.25, 0.3) is 55.0 Å². The van der Waals surface area contributed by atoms with E-state index in [9.17, 15) is 0 Å². The molecule has 0 saturated heterocycles. The van der Waals surface area contributed by atoms with Crippen molar-refractivity contribution in [1.82, 2.24) is 9.13 Å². The first kappa shape index (κ1) is 64.8. The highest BCUT2D eigenvalue weighted by Crippen LogP contribution is 2.61. The largest absolute Gasteiger partial charge is 0.453 e. The van der Waals surface area contributed by atoms with Gasteiger partial charge in [0, 0.05) is 50.0 Å². The summed E-state index contributed by atoms with van der Waals surface area (Å²) in [5.41, 5.74) is 24.6. The number of nitrogens with zero attached hydrogens (tertiary/aromatic N) is 5. The maximum absolute atomic E-state index is 6.10. The van der Waals surface area contributed by atoms with E-state index in [1.165, 1.54) is 99.9 Å². The van der Waals surface area contributed by atoms with E-state index >= 15 is 0 Å². The van der Waals surface area contributed by atoms with E-state index in [1.807, 2.05) is 78.9 Å². The minimum atomic E-state index is 0.822. The summed E-state index contributed by atoms with van der Waals surface area (Å²) in [5.74, 6) is 6.78. The molecule has 6 heterocycles. The quantitative estimate of drug-likeness (QED) is 0.170. The van der Waals surface area contributed by atoms with Crippen LogP contribution in [0.1, 0.15) is 33.4 Å². The molecule has 0 bridgehead atoms. The average Bonchev–Trinajstić information content (AvgIpc) is 1.70. The van der Waals surface area contributed by atoms with Crippen LogP contribution in [-0.4, -0.2) is 9.13 Å². The van der Waals surface area contributed by atoms with Crippen molar-refractivity contribution in [2.75, 3.05) is 14.7 Å². The molecule has 0 atom stereocenters. The van der Waals surface area contributed by atoms with Crippen LogP contribution >= 0.6 is 0 Å². The third kappa shape index (κ3) is 12.5. The van der Waals surface area contributed by atoms with Crippen LogP contribution in [-0.2, 0) is 0 Å². The number of benzene rings is 15. The predicted molar refractivity (Wildman–Crippen MR) is 434 cm³/mol.